The Hall–Kier alpha value is -0.830. The lowest BCUT2D eigenvalue weighted by Crippen LogP contribution is -2.38. The molecule has 0 aliphatic rings. The number of esters is 1. The summed E-state index contributed by atoms with van der Waals surface area (Å²) in [6.45, 7) is 9.67. The highest BCUT2D eigenvalue weighted by molar-refractivity contribution is 5.78. The van der Waals surface area contributed by atoms with E-state index in [-0.39, 0.29) is 0 Å². The van der Waals surface area contributed by atoms with Crippen LogP contribution < -0.4 is 0 Å². The summed E-state index contributed by atoms with van der Waals surface area (Å²) in [5.74, 6) is -0.646. The third-order valence-corrected chi connectivity index (χ3v) is 1.35. The first-order valence-corrected chi connectivity index (χ1v) is 3.78. The molecule has 70 valence electrons. The predicted molar refractivity (Wildman–Crippen MR) is 46.7 cm³/mol. The fourth-order valence-electron chi connectivity index (χ4n) is 0.405. The van der Waals surface area contributed by atoms with E-state index in [1.54, 1.807) is 13.8 Å². The molecule has 0 fully saturated rings. The summed E-state index contributed by atoms with van der Waals surface area (Å²) in [4.78, 5) is 11.1. The number of hydrogen-bond donors (Lipinski definition) is 1. The molecule has 0 rings (SSSR count). The fraction of sp³-hybridized carbons (Fsp3) is 0.667. The lowest BCUT2D eigenvalue weighted by atomic mass is 10.1. The largest absolute Gasteiger partial charge is 0.453 e. The second-order valence-corrected chi connectivity index (χ2v) is 3.76. The van der Waals surface area contributed by atoms with Crippen molar-refractivity contribution in [3.63, 3.8) is 0 Å². The number of aliphatic hydroxyl groups is 1. The van der Waals surface area contributed by atoms with E-state index in [1.165, 1.54) is 19.9 Å². The van der Waals surface area contributed by atoms with E-state index >= 15 is 0 Å². The molecule has 0 aliphatic carbocycles. The Morgan fingerprint density at radius 1 is 1.42 bits per heavy atom. The maximum Gasteiger partial charge on any atom is 0.338 e. The Bertz CT molecular complexity index is 186. The average molecular weight is 172 g/mol. The Kier molecular flexibility index (Phi) is 3.04. The van der Waals surface area contributed by atoms with E-state index in [1.807, 2.05) is 0 Å². The van der Waals surface area contributed by atoms with Crippen LogP contribution in [0.4, 0.5) is 0 Å². The quantitative estimate of drug-likeness (QED) is 0.515. The number of rotatable bonds is 3. The molecule has 3 nitrogen and oxygen atoms in total. The zero-order chi connectivity index (χ0) is 9.99. The summed E-state index contributed by atoms with van der Waals surface area (Å²) in [5.41, 5.74) is -2.17. The summed E-state index contributed by atoms with van der Waals surface area (Å²) in [7, 11) is 0. The number of hydrogen-bond acceptors (Lipinski definition) is 3. The van der Waals surface area contributed by atoms with Crippen molar-refractivity contribution in [2.75, 3.05) is 0 Å². The van der Waals surface area contributed by atoms with Crippen molar-refractivity contribution in [1.82, 2.24) is 0 Å². The topological polar surface area (TPSA) is 46.5 Å². The molecule has 0 saturated carbocycles. The van der Waals surface area contributed by atoms with E-state index in [2.05, 4.69) is 6.58 Å². The van der Waals surface area contributed by atoms with Gasteiger partial charge in [0.1, 0.15) is 5.60 Å². The molecule has 0 aromatic carbocycles. The van der Waals surface area contributed by atoms with Crippen molar-refractivity contribution in [2.45, 2.75) is 38.9 Å². The lowest BCUT2D eigenvalue weighted by molar-refractivity contribution is -0.171. The van der Waals surface area contributed by atoms with Gasteiger partial charge in [0.05, 0.1) is 0 Å². The van der Waals surface area contributed by atoms with Gasteiger partial charge in [0, 0.05) is 0 Å². The predicted octanol–water partition coefficient (Wildman–Crippen LogP) is 1.27. The van der Waals surface area contributed by atoms with Gasteiger partial charge in [-0.05, 0) is 33.8 Å². The highest BCUT2D eigenvalue weighted by Gasteiger charge is 2.30. The van der Waals surface area contributed by atoms with Crippen LogP contribution >= 0.6 is 0 Å². The van der Waals surface area contributed by atoms with Gasteiger partial charge in [0.2, 0.25) is 0 Å². The van der Waals surface area contributed by atoms with Gasteiger partial charge in [-0.15, -0.1) is 0 Å². The minimum absolute atomic E-state index is 0.646. The molecule has 12 heavy (non-hydrogen) atoms. The van der Waals surface area contributed by atoms with Crippen LogP contribution in [0.2, 0.25) is 0 Å². The summed E-state index contributed by atoms with van der Waals surface area (Å²) < 4.78 is 4.94. The molecule has 0 saturated heterocycles. The van der Waals surface area contributed by atoms with E-state index in [9.17, 15) is 9.90 Å². The first-order chi connectivity index (χ1) is 5.19. The number of carbonyl (C=O) groups excluding carboxylic acids is 1. The SMILES string of the molecule is C=CC(C)(C)OC(=O)C(C)(C)O. The minimum Gasteiger partial charge on any atom is -0.453 e. The summed E-state index contributed by atoms with van der Waals surface area (Å²) in [6.07, 6.45) is 1.51. The van der Waals surface area contributed by atoms with Crippen LogP contribution in [0.15, 0.2) is 12.7 Å². The van der Waals surface area contributed by atoms with Crippen molar-refractivity contribution < 1.29 is 14.6 Å². The van der Waals surface area contributed by atoms with Crippen molar-refractivity contribution in [1.29, 1.82) is 0 Å². The molecule has 0 aliphatic heterocycles. The molecule has 0 amide bonds. The fourth-order valence-corrected chi connectivity index (χ4v) is 0.405. The van der Waals surface area contributed by atoms with Gasteiger partial charge in [-0.2, -0.15) is 0 Å². The monoisotopic (exact) mass is 172 g/mol. The molecule has 0 unspecified atom stereocenters. The maximum absolute atomic E-state index is 11.1. The Labute approximate surface area is 73.0 Å². The molecule has 1 N–H and O–H groups in total. The maximum atomic E-state index is 11.1. The van der Waals surface area contributed by atoms with Crippen molar-refractivity contribution in [2.24, 2.45) is 0 Å². The zero-order valence-corrected chi connectivity index (χ0v) is 8.05. The second-order valence-electron chi connectivity index (χ2n) is 3.76. The van der Waals surface area contributed by atoms with E-state index in [0.29, 0.717) is 0 Å². The van der Waals surface area contributed by atoms with Crippen molar-refractivity contribution in [3.05, 3.63) is 12.7 Å². The summed E-state index contributed by atoms with van der Waals surface area (Å²) >= 11 is 0. The third-order valence-electron chi connectivity index (χ3n) is 1.35. The Morgan fingerprint density at radius 2 is 1.83 bits per heavy atom. The smallest absolute Gasteiger partial charge is 0.338 e. The lowest BCUT2D eigenvalue weighted by Gasteiger charge is -2.25. The molecular weight excluding hydrogens is 156 g/mol. The molecular formula is C9H16O3. The average Bonchev–Trinajstić information content (AvgIpc) is 1.85. The van der Waals surface area contributed by atoms with Crippen LogP contribution in [-0.2, 0) is 9.53 Å². The Morgan fingerprint density at radius 3 is 2.08 bits per heavy atom. The van der Waals surface area contributed by atoms with Crippen molar-refractivity contribution >= 4 is 5.97 Å². The molecule has 0 aromatic rings. The summed E-state index contributed by atoms with van der Waals surface area (Å²) in [5, 5.41) is 9.24. The second kappa shape index (κ2) is 3.27. The molecule has 0 bridgehead atoms. The van der Waals surface area contributed by atoms with Crippen LogP contribution in [0.1, 0.15) is 27.7 Å². The highest BCUT2D eigenvalue weighted by atomic mass is 16.6. The zero-order valence-electron chi connectivity index (χ0n) is 8.05. The van der Waals surface area contributed by atoms with E-state index in [0.717, 1.165) is 0 Å². The Balaban J connectivity index is 4.29. The molecule has 0 atom stereocenters. The standard InChI is InChI=1S/C9H16O3/c1-6-8(2,3)12-7(10)9(4,5)11/h6,11H,1H2,2-5H3. The minimum atomic E-state index is -1.44. The van der Waals surface area contributed by atoms with Crippen LogP contribution in [0, 0.1) is 0 Å². The number of ether oxygens (including phenoxy) is 1. The van der Waals surface area contributed by atoms with Gasteiger partial charge in [-0.25, -0.2) is 4.79 Å². The van der Waals surface area contributed by atoms with Crippen molar-refractivity contribution in [3.8, 4) is 0 Å². The van der Waals surface area contributed by atoms with Crippen LogP contribution in [0.3, 0.4) is 0 Å². The summed E-state index contributed by atoms with van der Waals surface area (Å²) in [6, 6.07) is 0. The first kappa shape index (κ1) is 11.2. The van der Waals surface area contributed by atoms with Crippen LogP contribution in [0.25, 0.3) is 0 Å². The number of carbonyl (C=O) groups is 1. The first-order valence-electron chi connectivity index (χ1n) is 3.78. The van der Waals surface area contributed by atoms with Gasteiger partial charge < -0.3 is 9.84 Å². The van der Waals surface area contributed by atoms with Gasteiger partial charge in [0.15, 0.2) is 5.60 Å². The normalized spacial score (nSPS) is 12.4. The van der Waals surface area contributed by atoms with Crippen LogP contribution in [0.5, 0.6) is 0 Å². The molecule has 3 heteroatoms. The van der Waals surface area contributed by atoms with Gasteiger partial charge in [0.25, 0.3) is 0 Å². The van der Waals surface area contributed by atoms with Crippen LogP contribution in [-0.4, -0.2) is 22.3 Å². The highest BCUT2D eigenvalue weighted by Crippen LogP contribution is 2.14. The van der Waals surface area contributed by atoms with E-state index < -0.39 is 17.2 Å². The van der Waals surface area contributed by atoms with E-state index in [4.69, 9.17) is 4.74 Å². The van der Waals surface area contributed by atoms with Gasteiger partial charge in [-0.1, -0.05) is 6.58 Å². The third kappa shape index (κ3) is 3.53. The van der Waals surface area contributed by atoms with Gasteiger partial charge in [-0.3, -0.25) is 0 Å². The molecule has 0 aromatic heterocycles. The molecule has 0 spiro atoms. The van der Waals surface area contributed by atoms with Gasteiger partial charge >= 0.3 is 5.97 Å². The molecule has 0 heterocycles. The molecule has 0 radical (unpaired) electrons.